The van der Waals surface area contributed by atoms with Crippen LogP contribution in [0.1, 0.15) is 62.3 Å². The molecule has 0 saturated carbocycles. The molecule has 34 heavy (non-hydrogen) atoms. The number of aliphatic carboxylic acids is 2. The van der Waals surface area contributed by atoms with Crippen molar-refractivity contribution in [3.05, 3.63) is 0 Å². The molecule has 3 rings (SSSR count). The van der Waals surface area contributed by atoms with Crippen LogP contribution < -0.4 is 0 Å². The van der Waals surface area contributed by atoms with Gasteiger partial charge in [-0.05, 0) is 62.3 Å². The first-order chi connectivity index (χ1) is 15.3. The van der Waals surface area contributed by atoms with Gasteiger partial charge in [-0.2, -0.15) is 0 Å². The highest BCUT2D eigenvalue weighted by atomic mass is 16.8. The molecule has 3 fully saturated rings. The summed E-state index contributed by atoms with van der Waals surface area (Å²) in [6.07, 6.45) is -4.94. The van der Waals surface area contributed by atoms with Gasteiger partial charge in [0.05, 0.1) is 12.2 Å². The Kier molecular flexibility index (Phi) is 9.83. The number of rotatable bonds is 3. The molecule has 0 bridgehead atoms. The lowest BCUT2D eigenvalue weighted by Crippen LogP contribution is -2.29. The van der Waals surface area contributed by atoms with E-state index in [-0.39, 0.29) is 18.3 Å². The van der Waals surface area contributed by atoms with E-state index in [0.717, 1.165) is 0 Å². The van der Waals surface area contributed by atoms with Crippen LogP contribution in [0.2, 0.25) is 0 Å². The van der Waals surface area contributed by atoms with Gasteiger partial charge in [-0.25, -0.2) is 14.4 Å². The van der Waals surface area contributed by atoms with Crippen molar-refractivity contribution in [1.82, 2.24) is 0 Å². The van der Waals surface area contributed by atoms with Crippen LogP contribution in [-0.2, 0) is 42.7 Å². The van der Waals surface area contributed by atoms with E-state index in [0.29, 0.717) is 0 Å². The third-order valence-corrected chi connectivity index (χ3v) is 4.57. The highest BCUT2D eigenvalue weighted by Crippen LogP contribution is 2.29. The molecule has 3 aliphatic heterocycles. The van der Waals surface area contributed by atoms with Crippen LogP contribution in [0.3, 0.4) is 0 Å². The smallest absolute Gasteiger partial charge is 0.479 e. The average Bonchev–Trinajstić information content (AvgIpc) is 3.16. The summed E-state index contributed by atoms with van der Waals surface area (Å²) in [6, 6.07) is 0. The van der Waals surface area contributed by atoms with Crippen molar-refractivity contribution in [2.45, 2.75) is 116 Å². The molecule has 3 heterocycles. The van der Waals surface area contributed by atoms with Gasteiger partial charge in [0.25, 0.3) is 0 Å². The zero-order valence-electron chi connectivity index (χ0n) is 20.9. The molecule has 198 valence electrons. The molecule has 0 aromatic heterocycles. The first-order valence-corrected chi connectivity index (χ1v) is 10.7. The minimum Gasteiger partial charge on any atom is -0.479 e. The lowest BCUT2D eigenvalue weighted by atomic mass is 10.2. The maximum Gasteiger partial charge on any atom is 0.508 e. The zero-order valence-corrected chi connectivity index (χ0v) is 20.9. The largest absolute Gasteiger partial charge is 0.508 e. The van der Waals surface area contributed by atoms with Gasteiger partial charge in [0.1, 0.15) is 6.10 Å². The predicted octanol–water partition coefficient (Wildman–Crippen LogP) is 2.40. The Morgan fingerprint density at radius 1 is 0.588 bits per heavy atom. The second kappa shape index (κ2) is 11.1. The lowest BCUT2D eigenvalue weighted by molar-refractivity contribution is -0.178. The molecule has 3 aliphatic rings. The van der Waals surface area contributed by atoms with Gasteiger partial charge in [-0.1, -0.05) is 0 Å². The number of carboxylic acid groups (broad SMARTS) is 3. The van der Waals surface area contributed by atoms with E-state index in [1.807, 2.05) is 0 Å². The van der Waals surface area contributed by atoms with E-state index in [1.165, 1.54) is 0 Å². The third kappa shape index (κ3) is 9.31. The molecule has 13 nitrogen and oxygen atoms in total. The molecule has 0 amide bonds. The number of ether oxygens (including phenoxy) is 7. The van der Waals surface area contributed by atoms with Crippen molar-refractivity contribution in [2.24, 2.45) is 0 Å². The zero-order chi connectivity index (χ0) is 26.6. The summed E-state index contributed by atoms with van der Waals surface area (Å²) < 4.78 is 35.5. The molecule has 3 N–H and O–H groups in total. The molecule has 0 spiro atoms. The molecule has 0 aliphatic carbocycles. The van der Waals surface area contributed by atoms with E-state index in [1.54, 1.807) is 62.3 Å². The standard InChI is InChI=1S/C7H12O5.2C7H12O4/c1-4-5(10-6(8)9)12-7(2,3)11-4;2*1-4-5(6(8)9)11-7(2,3)10-4/h4-5H,1-3H3,(H,8,9);2*4-5H,1-3H3,(H,8,9)/t4-,5-;2*4-,5+/m010/s1. The Morgan fingerprint density at radius 3 is 1.09 bits per heavy atom. The Morgan fingerprint density at radius 2 is 0.912 bits per heavy atom. The van der Waals surface area contributed by atoms with Crippen LogP contribution >= 0.6 is 0 Å². The Bertz CT molecular complexity index is 692. The minimum atomic E-state index is -1.35. The van der Waals surface area contributed by atoms with Crippen molar-refractivity contribution < 1.29 is 62.9 Å². The summed E-state index contributed by atoms with van der Waals surface area (Å²) in [5, 5.41) is 25.5. The van der Waals surface area contributed by atoms with Gasteiger partial charge in [-0.15, -0.1) is 0 Å². The fraction of sp³-hybridized carbons (Fsp3) is 0.857. The summed E-state index contributed by atoms with van der Waals surface area (Å²) in [6.45, 7) is 15.3. The first kappa shape index (κ1) is 30.0. The van der Waals surface area contributed by atoms with Crippen molar-refractivity contribution in [3.63, 3.8) is 0 Å². The molecular formula is C21H36O13. The van der Waals surface area contributed by atoms with E-state index >= 15 is 0 Å². The van der Waals surface area contributed by atoms with Crippen LogP contribution in [0.4, 0.5) is 4.79 Å². The van der Waals surface area contributed by atoms with Crippen LogP contribution in [-0.4, -0.2) is 87.6 Å². The van der Waals surface area contributed by atoms with Crippen molar-refractivity contribution >= 4 is 18.1 Å². The quantitative estimate of drug-likeness (QED) is 0.486. The van der Waals surface area contributed by atoms with Crippen LogP contribution in [0.15, 0.2) is 0 Å². The highest BCUT2D eigenvalue weighted by molar-refractivity contribution is 5.73. The van der Waals surface area contributed by atoms with Crippen LogP contribution in [0.5, 0.6) is 0 Å². The number of carbonyl (C=O) groups is 3. The second-order valence-corrected chi connectivity index (χ2v) is 9.29. The molecular weight excluding hydrogens is 460 g/mol. The van der Waals surface area contributed by atoms with E-state index in [4.69, 9.17) is 43.7 Å². The Hall–Kier alpha value is -2.03. The van der Waals surface area contributed by atoms with E-state index in [9.17, 15) is 14.4 Å². The van der Waals surface area contributed by atoms with Gasteiger partial charge in [0.2, 0.25) is 6.29 Å². The Labute approximate surface area is 198 Å². The molecule has 6 atom stereocenters. The van der Waals surface area contributed by atoms with Gasteiger partial charge in [-0.3, -0.25) is 0 Å². The topological polar surface area (TPSA) is 177 Å². The van der Waals surface area contributed by atoms with Gasteiger partial charge >= 0.3 is 18.1 Å². The molecule has 3 saturated heterocycles. The summed E-state index contributed by atoms with van der Waals surface area (Å²) in [7, 11) is 0. The number of hydrogen-bond donors (Lipinski definition) is 3. The minimum absolute atomic E-state index is 0.365. The fourth-order valence-corrected chi connectivity index (χ4v) is 3.51. The van der Waals surface area contributed by atoms with Crippen molar-refractivity contribution in [1.29, 1.82) is 0 Å². The SMILES string of the molecule is C[C@@H]1OC(C)(C)O[C@@H]1OC(=O)O.C[C@@H]1OC(C)(C)O[C@H]1C(=O)O.C[C@H]1OC(C)(C)O[C@@H]1C(=O)O. The lowest BCUT2D eigenvalue weighted by Gasteiger charge is -2.15. The predicted molar refractivity (Wildman–Crippen MR) is 113 cm³/mol. The molecule has 0 radical (unpaired) electrons. The van der Waals surface area contributed by atoms with Crippen molar-refractivity contribution in [3.8, 4) is 0 Å². The molecule has 0 unspecified atom stereocenters. The van der Waals surface area contributed by atoms with Gasteiger partial charge in [0.15, 0.2) is 29.6 Å². The van der Waals surface area contributed by atoms with Gasteiger partial charge < -0.3 is 48.5 Å². The molecule has 0 aromatic carbocycles. The monoisotopic (exact) mass is 496 g/mol. The summed E-state index contributed by atoms with van der Waals surface area (Å²) in [5.74, 6) is -4.23. The van der Waals surface area contributed by atoms with E-state index in [2.05, 4.69) is 4.74 Å². The van der Waals surface area contributed by atoms with Crippen LogP contribution in [0.25, 0.3) is 0 Å². The summed E-state index contributed by atoms with van der Waals surface area (Å²) >= 11 is 0. The highest BCUT2D eigenvalue weighted by Gasteiger charge is 2.44. The normalized spacial score (nSPS) is 34.7. The van der Waals surface area contributed by atoms with Gasteiger partial charge in [0, 0.05) is 0 Å². The van der Waals surface area contributed by atoms with Crippen molar-refractivity contribution in [2.75, 3.05) is 0 Å². The van der Waals surface area contributed by atoms with E-state index < -0.39 is 54.0 Å². The maximum atomic E-state index is 10.5. The second-order valence-electron chi connectivity index (χ2n) is 9.29. The number of carboxylic acids is 2. The van der Waals surface area contributed by atoms with Crippen LogP contribution in [0, 0.1) is 0 Å². The maximum absolute atomic E-state index is 10.5. The average molecular weight is 497 g/mol. The third-order valence-electron chi connectivity index (χ3n) is 4.57. The molecule has 0 aromatic rings. The number of hydrogen-bond acceptors (Lipinski definition) is 10. The Balaban J connectivity index is 0.000000255. The summed E-state index contributed by atoms with van der Waals surface area (Å²) in [4.78, 5) is 31.1. The molecule has 13 heteroatoms. The first-order valence-electron chi connectivity index (χ1n) is 10.7. The summed E-state index contributed by atoms with van der Waals surface area (Å²) in [5.41, 5.74) is 0. The fourth-order valence-electron chi connectivity index (χ4n) is 3.51.